The largest absolute Gasteiger partial charge is 0.472 e. The van der Waals surface area contributed by atoms with Gasteiger partial charge in [-0.15, -0.1) is 0 Å². The number of rotatable bonds is 2. The quantitative estimate of drug-likeness (QED) is 0.361. The fraction of sp³-hybridized carbons (Fsp3) is 0.556. The van der Waals surface area contributed by atoms with Crippen molar-refractivity contribution in [3.8, 4) is 0 Å². The Morgan fingerprint density at radius 3 is 2.93 bits per heavy atom. The van der Waals surface area contributed by atoms with E-state index in [1.165, 1.54) is 12.0 Å². The van der Waals surface area contributed by atoms with Gasteiger partial charge in [0.05, 0.1) is 26.7 Å². The number of methoxy groups -OCH3 is 1. The summed E-state index contributed by atoms with van der Waals surface area (Å²) in [5.74, 6) is -0.292. The summed E-state index contributed by atoms with van der Waals surface area (Å²) in [6, 6.07) is 0. The van der Waals surface area contributed by atoms with Crippen molar-refractivity contribution in [2.75, 3.05) is 20.3 Å². The maximum atomic E-state index is 11.2. The van der Waals surface area contributed by atoms with Crippen molar-refractivity contribution in [2.24, 2.45) is 0 Å². The third-order valence-corrected chi connectivity index (χ3v) is 2.54. The first-order valence-corrected chi connectivity index (χ1v) is 4.54. The standard InChI is InChI=1S/C9H11NO5/c1-14-9(13)5(4-11)6-3-10-7(12)2-8(10)15-6/h8,11H,2-4H2,1H3. The molecule has 0 aliphatic carbocycles. The minimum Gasteiger partial charge on any atom is -0.472 e. The molecule has 82 valence electrons. The van der Waals surface area contributed by atoms with Crippen LogP contribution in [-0.2, 0) is 19.1 Å². The Labute approximate surface area is 86.1 Å². The number of β-lactam (4-membered cyclic amide) rings is 1. The van der Waals surface area contributed by atoms with Gasteiger partial charge >= 0.3 is 5.97 Å². The minimum atomic E-state index is -0.623. The Balaban J connectivity index is 2.18. The number of fused-ring (bicyclic) bond motifs is 1. The van der Waals surface area contributed by atoms with Crippen LogP contribution in [-0.4, -0.2) is 48.4 Å². The highest BCUT2D eigenvalue weighted by atomic mass is 16.5. The number of aliphatic hydroxyl groups excluding tert-OH is 1. The van der Waals surface area contributed by atoms with Crippen molar-refractivity contribution in [1.82, 2.24) is 4.90 Å². The van der Waals surface area contributed by atoms with E-state index in [1.54, 1.807) is 0 Å². The van der Waals surface area contributed by atoms with Crippen molar-refractivity contribution in [3.05, 3.63) is 11.3 Å². The summed E-state index contributed by atoms with van der Waals surface area (Å²) in [6.07, 6.45) is 0.0716. The third-order valence-electron chi connectivity index (χ3n) is 2.54. The van der Waals surface area contributed by atoms with Crippen LogP contribution >= 0.6 is 0 Å². The van der Waals surface area contributed by atoms with Gasteiger partial charge in [-0.3, -0.25) is 9.69 Å². The normalized spacial score (nSPS) is 26.7. The average Bonchev–Trinajstić information content (AvgIpc) is 2.57. The average molecular weight is 213 g/mol. The third kappa shape index (κ3) is 1.46. The monoisotopic (exact) mass is 213 g/mol. The molecule has 2 heterocycles. The number of hydrogen-bond donors (Lipinski definition) is 1. The lowest BCUT2D eigenvalue weighted by molar-refractivity contribution is -0.154. The molecule has 2 rings (SSSR count). The van der Waals surface area contributed by atoms with Gasteiger partial charge < -0.3 is 14.6 Å². The van der Waals surface area contributed by atoms with E-state index in [0.29, 0.717) is 12.2 Å². The fourth-order valence-electron chi connectivity index (χ4n) is 1.63. The SMILES string of the molecule is COC(=O)C(CO)=C1CN2C(=O)CC2O1. The van der Waals surface area contributed by atoms with Crippen molar-refractivity contribution < 1.29 is 24.2 Å². The van der Waals surface area contributed by atoms with Gasteiger partial charge in [0, 0.05) is 0 Å². The highest BCUT2D eigenvalue weighted by Gasteiger charge is 2.45. The van der Waals surface area contributed by atoms with Gasteiger partial charge in [0.2, 0.25) is 5.91 Å². The maximum absolute atomic E-state index is 11.2. The predicted octanol–water partition coefficient (Wildman–Crippen LogP) is -1.01. The molecule has 0 radical (unpaired) electrons. The van der Waals surface area contributed by atoms with Gasteiger partial charge in [0.25, 0.3) is 0 Å². The van der Waals surface area contributed by atoms with Crippen LogP contribution in [0.15, 0.2) is 11.3 Å². The number of amides is 1. The predicted molar refractivity (Wildman–Crippen MR) is 47.3 cm³/mol. The van der Waals surface area contributed by atoms with Crippen molar-refractivity contribution in [2.45, 2.75) is 12.6 Å². The van der Waals surface area contributed by atoms with Crippen molar-refractivity contribution in [1.29, 1.82) is 0 Å². The molecule has 2 aliphatic rings. The van der Waals surface area contributed by atoms with E-state index < -0.39 is 12.6 Å². The lowest BCUT2D eigenvalue weighted by atomic mass is 10.2. The zero-order chi connectivity index (χ0) is 11.0. The Hall–Kier alpha value is -1.56. The van der Waals surface area contributed by atoms with Gasteiger partial charge in [-0.25, -0.2) is 4.79 Å². The molecule has 2 aliphatic heterocycles. The molecule has 0 spiro atoms. The number of nitrogens with zero attached hydrogens (tertiary/aromatic N) is 1. The van der Waals surface area contributed by atoms with Crippen molar-refractivity contribution in [3.63, 3.8) is 0 Å². The summed E-state index contributed by atoms with van der Waals surface area (Å²) in [7, 11) is 1.23. The first-order valence-electron chi connectivity index (χ1n) is 4.54. The van der Waals surface area contributed by atoms with Gasteiger partial charge in [0.15, 0.2) is 6.23 Å². The van der Waals surface area contributed by atoms with E-state index in [1.807, 2.05) is 0 Å². The number of esters is 1. The molecule has 6 heteroatoms. The highest BCUT2D eigenvalue weighted by Crippen LogP contribution is 2.32. The number of hydrogen-bond acceptors (Lipinski definition) is 5. The molecule has 0 aromatic carbocycles. The first kappa shape index (κ1) is 9.97. The summed E-state index contributed by atoms with van der Waals surface area (Å²) in [4.78, 5) is 23.8. The molecule has 0 aromatic heterocycles. The van der Waals surface area contributed by atoms with Crippen LogP contribution in [0.2, 0.25) is 0 Å². The number of carbonyl (C=O) groups excluding carboxylic acids is 2. The molecule has 2 fully saturated rings. The summed E-state index contributed by atoms with van der Waals surface area (Å²) in [5, 5.41) is 9.00. The Morgan fingerprint density at radius 2 is 2.47 bits per heavy atom. The summed E-state index contributed by atoms with van der Waals surface area (Å²) < 4.78 is 9.82. The van der Waals surface area contributed by atoms with Crippen LogP contribution in [0.3, 0.4) is 0 Å². The molecule has 1 N–H and O–H groups in total. The van der Waals surface area contributed by atoms with E-state index in [9.17, 15) is 9.59 Å². The van der Waals surface area contributed by atoms with Crippen molar-refractivity contribution >= 4 is 11.9 Å². The van der Waals surface area contributed by atoms with Gasteiger partial charge in [-0.2, -0.15) is 0 Å². The molecule has 1 amide bonds. The topological polar surface area (TPSA) is 76.1 Å². The Bertz CT molecular complexity index is 348. The van der Waals surface area contributed by atoms with Crippen LogP contribution in [0.25, 0.3) is 0 Å². The summed E-state index contributed by atoms with van der Waals surface area (Å²) >= 11 is 0. The first-order chi connectivity index (χ1) is 7.17. The molecule has 2 saturated heterocycles. The molecular weight excluding hydrogens is 202 g/mol. The molecule has 0 aromatic rings. The van der Waals surface area contributed by atoms with E-state index >= 15 is 0 Å². The molecule has 0 bridgehead atoms. The lowest BCUT2D eigenvalue weighted by Crippen LogP contribution is -2.48. The zero-order valence-corrected chi connectivity index (χ0v) is 8.23. The molecule has 15 heavy (non-hydrogen) atoms. The molecular formula is C9H11NO5. The minimum absolute atomic E-state index is 0.00263. The van der Waals surface area contributed by atoms with Crippen LogP contribution in [0.5, 0.6) is 0 Å². The van der Waals surface area contributed by atoms with Crippen LogP contribution in [0.4, 0.5) is 0 Å². The highest BCUT2D eigenvalue weighted by molar-refractivity contribution is 5.90. The second kappa shape index (κ2) is 3.54. The number of carbonyl (C=O) groups is 2. The molecule has 0 saturated carbocycles. The smallest absolute Gasteiger partial charge is 0.339 e. The second-order valence-corrected chi connectivity index (χ2v) is 3.35. The second-order valence-electron chi connectivity index (χ2n) is 3.35. The van der Waals surface area contributed by atoms with Crippen LogP contribution < -0.4 is 0 Å². The van der Waals surface area contributed by atoms with Crippen LogP contribution in [0, 0.1) is 0 Å². The van der Waals surface area contributed by atoms with Gasteiger partial charge in [-0.05, 0) is 0 Å². The van der Waals surface area contributed by atoms with Gasteiger partial charge in [-0.1, -0.05) is 0 Å². The number of ether oxygens (including phenoxy) is 2. The van der Waals surface area contributed by atoms with E-state index in [4.69, 9.17) is 9.84 Å². The van der Waals surface area contributed by atoms with Crippen LogP contribution in [0.1, 0.15) is 6.42 Å². The molecule has 1 atom stereocenters. The van der Waals surface area contributed by atoms with Gasteiger partial charge in [0.1, 0.15) is 11.3 Å². The summed E-state index contributed by atoms with van der Waals surface area (Å²) in [5.41, 5.74) is 0.0831. The molecule has 6 nitrogen and oxygen atoms in total. The zero-order valence-electron chi connectivity index (χ0n) is 8.23. The fourth-order valence-corrected chi connectivity index (χ4v) is 1.63. The van der Waals surface area contributed by atoms with E-state index in [2.05, 4.69) is 4.74 Å². The number of aliphatic hydroxyl groups is 1. The maximum Gasteiger partial charge on any atom is 0.339 e. The lowest BCUT2D eigenvalue weighted by Gasteiger charge is -2.30. The van der Waals surface area contributed by atoms with E-state index in [-0.39, 0.29) is 24.3 Å². The summed E-state index contributed by atoms with van der Waals surface area (Å²) in [6.45, 7) is -0.203. The Kier molecular flexibility index (Phi) is 2.36. The van der Waals surface area contributed by atoms with E-state index in [0.717, 1.165) is 0 Å². The Morgan fingerprint density at radius 1 is 1.73 bits per heavy atom. The molecule has 1 unspecified atom stereocenters.